The van der Waals surface area contributed by atoms with Crippen molar-refractivity contribution < 1.29 is 8.42 Å². The Morgan fingerprint density at radius 1 is 1.22 bits per heavy atom. The molecule has 0 radical (unpaired) electrons. The molecule has 1 aromatic heterocycles. The van der Waals surface area contributed by atoms with Crippen LogP contribution >= 0.6 is 11.8 Å². The molecule has 1 heterocycles. The first kappa shape index (κ1) is 17.6. The molecule has 0 saturated carbocycles. The Labute approximate surface area is 140 Å². The van der Waals surface area contributed by atoms with E-state index in [1.165, 1.54) is 12.1 Å². The molecule has 0 amide bonds. The lowest BCUT2D eigenvalue weighted by molar-refractivity contribution is 0.601. The molecule has 2 aromatic rings. The third-order valence-electron chi connectivity index (χ3n) is 2.99. The average Bonchev–Trinajstić information content (AvgIpc) is 2.48. The van der Waals surface area contributed by atoms with Crippen LogP contribution in [-0.4, -0.2) is 24.4 Å². The molecule has 6 nitrogen and oxygen atoms in total. The second-order valence-corrected chi connectivity index (χ2v) is 8.26. The number of hydrogen-bond donors (Lipinski definition) is 2. The van der Waals surface area contributed by atoms with Gasteiger partial charge in [0.2, 0.25) is 0 Å². The number of nitrogens with one attached hydrogen (secondary N) is 1. The third kappa shape index (κ3) is 5.40. The van der Waals surface area contributed by atoms with Gasteiger partial charge in [-0.15, -0.1) is 22.0 Å². The maximum Gasteiger partial charge on any atom is 0.263 e. The molecule has 3 N–H and O–H groups in total. The summed E-state index contributed by atoms with van der Waals surface area (Å²) in [6, 6.07) is 9.45. The maximum absolute atomic E-state index is 12.2. The molecule has 0 atom stereocenters. The minimum Gasteiger partial charge on any atom is -0.399 e. The first-order valence-corrected chi connectivity index (χ1v) is 9.68. The van der Waals surface area contributed by atoms with Gasteiger partial charge in [-0.05, 0) is 48.4 Å². The van der Waals surface area contributed by atoms with Gasteiger partial charge in [0.15, 0.2) is 5.82 Å². The van der Waals surface area contributed by atoms with Crippen molar-refractivity contribution in [1.82, 2.24) is 10.2 Å². The van der Waals surface area contributed by atoms with Gasteiger partial charge < -0.3 is 5.73 Å². The van der Waals surface area contributed by atoms with E-state index in [0.29, 0.717) is 11.6 Å². The van der Waals surface area contributed by atoms with Crippen molar-refractivity contribution in [2.45, 2.75) is 30.2 Å². The molecule has 2 rings (SSSR count). The number of aromatic nitrogens is 2. The van der Waals surface area contributed by atoms with E-state index >= 15 is 0 Å². The smallest absolute Gasteiger partial charge is 0.263 e. The third-order valence-corrected chi connectivity index (χ3v) is 5.30. The highest BCUT2D eigenvalue weighted by Crippen LogP contribution is 2.20. The molecule has 23 heavy (non-hydrogen) atoms. The summed E-state index contributed by atoms with van der Waals surface area (Å²) in [6.45, 7) is 4.33. The molecule has 0 aliphatic heterocycles. The predicted molar refractivity (Wildman–Crippen MR) is 93.9 cm³/mol. The van der Waals surface area contributed by atoms with Gasteiger partial charge in [0.05, 0.1) is 4.90 Å². The number of nitrogen functional groups attached to an aromatic ring is 1. The lowest BCUT2D eigenvalue weighted by Gasteiger charge is -2.08. The van der Waals surface area contributed by atoms with Gasteiger partial charge in [0.1, 0.15) is 5.03 Å². The first-order valence-electron chi connectivity index (χ1n) is 7.22. The molecule has 0 saturated heterocycles. The Kier molecular flexibility index (Phi) is 5.84. The van der Waals surface area contributed by atoms with Gasteiger partial charge in [-0.25, -0.2) is 8.42 Å². The molecule has 0 unspecified atom stereocenters. The van der Waals surface area contributed by atoms with Crippen LogP contribution < -0.4 is 10.5 Å². The summed E-state index contributed by atoms with van der Waals surface area (Å²) in [5.74, 6) is 1.78. The molecule has 0 fully saturated rings. The van der Waals surface area contributed by atoms with Gasteiger partial charge in [0.25, 0.3) is 10.0 Å². The van der Waals surface area contributed by atoms with Crippen molar-refractivity contribution in [3.8, 4) is 0 Å². The summed E-state index contributed by atoms with van der Waals surface area (Å²) in [5.41, 5.74) is 6.00. The van der Waals surface area contributed by atoms with Crippen LogP contribution in [0.2, 0.25) is 0 Å². The fourth-order valence-electron chi connectivity index (χ4n) is 1.73. The predicted octanol–water partition coefficient (Wildman–Crippen LogP) is 3.00. The summed E-state index contributed by atoms with van der Waals surface area (Å²) in [7, 11) is -3.72. The highest BCUT2D eigenvalue weighted by Gasteiger charge is 2.15. The van der Waals surface area contributed by atoms with Crippen molar-refractivity contribution in [1.29, 1.82) is 0 Å². The van der Waals surface area contributed by atoms with E-state index in [9.17, 15) is 8.42 Å². The zero-order chi connectivity index (χ0) is 16.9. The SMILES string of the molecule is CC(C)CCSc1ccc(NS(=O)(=O)c2cccc(N)c2)nn1. The molecular formula is C15H20N4O2S2. The summed E-state index contributed by atoms with van der Waals surface area (Å²) in [4.78, 5) is 0.0923. The summed E-state index contributed by atoms with van der Waals surface area (Å²) in [6.07, 6.45) is 1.09. The molecule has 0 bridgehead atoms. The topological polar surface area (TPSA) is 98.0 Å². The van der Waals surface area contributed by atoms with Crippen LogP contribution in [0.4, 0.5) is 11.5 Å². The molecule has 8 heteroatoms. The van der Waals surface area contributed by atoms with Gasteiger partial charge >= 0.3 is 0 Å². The number of anilines is 2. The largest absolute Gasteiger partial charge is 0.399 e. The van der Waals surface area contributed by atoms with E-state index in [2.05, 4.69) is 28.8 Å². The van der Waals surface area contributed by atoms with Gasteiger partial charge in [0, 0.05) is 5.69 Å². The number of benzene rings is 1. The maximum atomic E-state index is 12.2. The normalized spacial score (nSPS) is 11.6. The van der Waals surface area contributed by atoms with E-state index in [4.69, 9.17) is 5.73 Å². The van der Waals surface area contributed by atoms with Crippen LogP contribution in [0.15, 0.2) is 46.3 Å². The van der Waals surface area contributed by atoms with Crippen LogP contribution in [0.1, 0.15) is 20.3 Å². The van der Waals surface area contributed by atoms with E-state index in [-0.39, 0.29) is 10.7 Å². The highest BCUT2D eigenvalue weighted by atomic mass is 32.2. The zero-order valence-corrected chi connectivity index (χ0v) is 14.7. The van der Waals surface area contributed by atoms with Gasteiger partial charge in [-0.2, -0.15) is 0 Å². The van der Waals surface area contributed by atoms with Crippen LogP contribution in [0.3, 0.4) is 0 Å². The van der Waals surface area contributed by atoms with Gasteiger partial charge in [-0.3, -0.25) is 4.72 Å². The highest BCUT2D eigenvalue weighted by molar-refractivity contribution is 7.99. The van der Waals surface area contributed by atoms with Crippen molar-refractivity contribution in [3.05, 3.63) is 36.4 Å². The van der Waals surface area contributed by atoms with E-state index in [0.717, 1.165) is 17.2 Å². The zero-order valence-electron chi connectivity index (χ0n) is 13.1. The minimum atomic E-state index is -3.72. The Hall–Kier alpha value is -1.80. The quantitative estimate of drug-likeness (QED) is 0.587. The Bertz CT molecular complexity index is 746. The van der Waals surface area contributed by atoms with Crippen LogP contribution in [0.5, 0.6) is 0 Å². The van der Waals surface area contributed by atoms with E-state index < -0.39 is 10.0 Å². The second kappa shape index (κ2) is 7.65. The fourth-order valence-corrected chi connectivity index (χ4v) is 3.84. The Morgan fingerprint density at radius 2 is 2.00 bits per heavy atom. The van der Waals surface area contributed by atoms with Crippen molar-refractivity contribution >= 4 is 33.3 Å². The number of hydrogen-bond acceptors (Lipinski definition) is 6. The lowest BCUT2D eigenvalue weighted by Crippen LogP contribution is -2.14. The molecule has 0 aliphatic rings. The van der Waals surface area contributed by atoms with E-state index in [1.807, 2.05) is 0 Å². The number of nitrogens with two attached hydrogens (primary N) is 1. The number of sulfonamides is 1. The summed E-state index contributed by atoms with van der Waals surface area (Å²) >= 11 is 1.61. The minimum absolute atomic E-state index is 0.0923. The fraction of sp³-hybridized carbons (Fsp3) is 0.333. The Morgan fingerprint density at radius 3 is 2.61 bits per heavy atom. The van der Waals surface area contributed by atoms with Crippen molar-refractivity contribution in [2.24, 2.45) is 5.92 Å². The van der Waals surface area contributed by atoms with Crippen LogP contribution in [0, 0.1) is 5.92 Å². The monoisotopic (exact) mass is 352 g/mol. The van der Waals surface area contributed by atoms with Gasteiger partial charge in [-0.1, -0.05) is 19.9 Å². The summed E-state index contributed by atoms with van der Waals surface area (Å²) < 4.78 is 26.9. The number of nitrogens with zero attached hydrogens (tertiary/aromatic N) is 2. The van der Waals surface area contributed by atoms with Crippen molar-refractivity contribution in [3.63, 3.8) is 0 Å². The molecule has 0 aliphatic carbocycles. The van der Waals surface area contributed by atoms with Crippen LogP contribution in [0.25, 0.3) is 0 Å². The van der Waals surface area contributed by atoms with E-state index in [1.54, 1.807) is 36.0 Å². The molecule has 0 spiro atoms. The molecule has 1 aromatic carbocycles. The lowest BCUT2D eigenvalue weighted by atomic mass is 10.2. The average molecular weight is 352 g/mol. The standard InChI is InChI=1S/C15H20N4O2S2/c1-11(2)8-9-22-15-7-6-14(17-18-15)19-23(20,21)13-5-3-4-12(16)10-13/h3-7,10-11H,8-9,16H2,1-2H3,(H,17,19). The van der Waals surface area contributed by atoms with Crippen LogP contribution in [-0.2, 0) is 10.0 Å². The summed E-state index contributed by atoms with van der Waals surface area (Å²) in [5, 5.41) is 8.72. The van der Waals surface area contributed by atoms with Crippen molar-refractivity contribution in [2.75, 3.05) is 16.2 Å². The molecular weight excluding hydrogens is 332 g/mol. The first-order chi connectivity index (χ1) is 10.9. The number of thioether (sulfide) groups is 1. The Balaban J connectivity index is 2.03. The second-order valence-electron chi connectivity index (χ2n) is 5.47. The number of rotatable bonds is 7. The molecule has 124 valence electrons.